The Morgan fingerprint density at radius 1 is 1.02 bits per heavy atom. The van der Waals surface area contributed by atoms with Crippen molar-refractivity contribution in [1.82, 2.24) is 9.97 Å². The van der Waals surface area contributed by atoms with Gasteiger partial charge in [-0.15, -0.1) is 23.1 Å². The zero-order valence-corrected chi connectivity index (χ0v) is 23.9. The maximum absolute atomic E-state index is 17.3. The van der Waals surface area contributed by atoms with Crippen molar-refractivity contribution in [3.05, 3.63) is 88.4 Å². The van der Waals surface area contributed by atoms with Gasteiger partial charge >= 0.3 is 17.9 Å². The molecule has 0 saturated carbocycles. The van der Waals surface area contributed by atoms with Crippen LogP contribution in [0.1, 0.15) is 39.4 Å². The van der Waals surface area contributed by atoms with Crippen molar-refractivity contribution in [2.75, 3.05) is 12.9 Å². The van der Waals surface area contributed by atoms with Gasteiger partial charge in [-0.3, -0.25) is 4.79 Å². The molecular weight excluding hydrogens is 571 g/mol. The van der Waals surface area contributed by atoms with Crippen molar-refractivity contribution in [2.24, 2.45) is 0 Å². The van der Waals surface area contributed by atoms with Gasteiger partial charge in [0.2, 0.25) is 5.67 Å². The zero-order chi connectivity index (χ0) is 29.2. The summed E-state index contributed by atoms with van der Waals surface area (Å²) >= 11 is 2.44. The van der Waals surface area contributed by atoms with E-state index in [9.17, 15) is 14.4 Å². The third-order valence-electron chi connectivity index (χ3n) is 6.60. The molecular formula is C29H25FN2O7S2. The molecule has 1 saturated heterocycles. The van der Waals surface area contributed by atoms with E-state index < -0.39 is 48.2 Å². The monoisotopic (exact) mass is 596 g/mol. The quantitative estimate of drug-likeness (QED) is 0.114. The smallest absolute Gasteiger partial charge is 0.338 e. The predicted octanol–water partition coefficient (Wildman–Crippen LogP) is 5.34. The maximum atomic E-state index is 17.3. The van der Waals surface area contributed by atoms with Crippen LogP contribution in [0.5, 0.6) is 0 Å². The number of rotatable bonds is 8. The molecule has 0 aliphatic carbocycles. The highest BCUT2D eigenvalue weighted by molar-refractivity contribution is 7.98. The van der Waals surface area contributed by atoms with Gasteiger partial charge in [0.05, 0.1) is 16.6 Å². The summed E-state index contributed by atoms with van der Waals surface area (Å²) < 4.78 is 40.4. The van der Waals surface area contributed by atoms with Crippen molar-refractivity contribution < 1.29 is 37.7 Å². The number of alkyl halides is 1. The van der Waals surface area contributed by atoms with E-state index in [0.29, 0.717) is 15.9 Å². The molecule has 0 N–H and O–H groups in total. The Kier molecular flexibility index (Phi) is 8.07. The first-order valence-electron chi connectivity index (χ1n) is 12.5. The molecule has 0 amide bonds. The third kappa shape index (κ3) is 5.30. The molecule has 0 spiro atoms. The van der Waals surface area contributed by atoms with Crippen molar-refractivity contribution in [3.8, 4) is 0 Å². The highest BCUT2D eigenvalue weighted by atomic mass is 32.2. The van der Waals surface area contributed by atoms with Gasteiger partial charge in [-0.1, -0.05) is 36.4 Å². The van der Waals surface area contributed by atoms with Crippen LogP contribution in [0.25, 0.3) is 10.9 Å². The molecule has 4 aromatic rings. The number of esters is 3. The van der Waals surface area contributed by atoms with E-state index in [0.717, 1.165) is 25.2 Å². The number of aromatic nitrogens is 2. The van der Waals surface area contributed by atoms with Gasteiger partial charge in [-0.25, -0.2) is 23.9 Å². The summed E-state index contributed by atoms with van der Waals surface area (Å²) in [7, 11) is 0. The molecule has 5 rings (SSSR count). The van der Waals surface area contributed by atoms with Crippen LogP contribution in [0.15, 0.2) is 77.4 Å². The molecule has 9 nitrogen and oxygen atoms in total. The zero-order valence-electron chi connectivity index (χ0n) is 22.2. The highest BCUT2D eigenvalue weighted by Crippen LogP contribution is 2.55. The molecule has 0 radical (unpaired) electrons. The van der Waals surface area contributed by atoms with Crippen LogP contribution in [0.3, 0.4) is 0 Å². The van der Waals surface area contributed by atoms with E-state index in [1.165, 1.54) is 30.2 Å². The number of benzene rings is 2. The molecule has 41 heavy (non-hydrogen) atoms. The minimum atomic E-state index is -2.66. The first kappa shape index (κ1) is 28.7. The lowest BCUT2D eigenvalue weighted by atomic mass is 9.89. The molecule has 2 aromatic carbocycles. The topological polar surface area (TPSA) is 114 Å². The van der Waals surface area contributed by atoms with E-state index in [2.05, 4.69) is 9.97 Å². The number of carbonyl (C=O) groups is 3. The number of carbonyl (C=O) groups excluding carboxylic acids is 3. The first-order chi connectivity index (χ1) is 19.7. The Labute approximate surface area is 243 Å². The lowest BCUT2D eigenvalue weighted by molar-refractivity contribution is -0.266. The van der Waals surface area contributed by atoms with Gasteiger partial charge in [-0.2, -0.15) is 0 Å². The highest BCUT2D eigenvalue weighted by Gasteiger charge is 2.71. The summed E-state index contributed by atoms with van der Waals surface area (Å²) in [6.07, 6.45) is 0.144. The molecule has 0 bridgehead atoms. The second kappa shape index (κ2) is 11.6. The lowest BCUT2D eigenvalue weighted by Crippen LogP contribution is -2.52. The molecule has 1 aliphatic heterocycles. The second-order valence-electron chi connectivity index (χ2n) is 9.31. The van der Waals surface area contributed by atoms with E-state index in [4.69, 9.17) is 18.9 Å². The van der Waals surface area contributed by atoms with E-state index in [1.54, 1.807) is 53.9 Å². The van der Waals surface area contributed by atoms with Crippen LogP contribution < -0.4 is 0 Å². The lowest BCUT2D eigenvalue weighted by Gasteiger charge is -2.36. The summed E-state index contributed by atoms with van der Waals surface area (Å²) in [6.45, 7) is 1.74. The Hall–Kier alpha value is -3.87. The fraction of sp³-hybridized carbons (Fsp3) is 0.276. The van der Waals surface area contributed by atoms with E-state index in [-0.39, 0.29) is 16.0 Å². The Bertz CT molecular complexity index is 1580. The summed E-state index contributed by atoms with van der Waals surface area (Å²) in [6, 6.07) is 16.2. The SMILES string of the molecule is CSc1ncnc2c(C3(OC(C)=O)O[C@H](COC(=O)c4ccccc4)[C@@H](OC(=O)c4ccccc4)[C@@]3(C)F)scc12. The van der Waals surface area contributed by atoms with Gasteiger partial charge in [0.25, 0.3) is 5.79 Å². The number of hydrogen-bond acceptors (Lipinski definition) is 11. The Morgan fingerprint density at radius 3 is 2.27 bits per heavy atom. The largest absolute Gasteiger partial charge is 0.459 e. The van der Waals surface area contributed by atoms with Crippen LogP contribution >= 0.6 is 23.1 Å². The molecule has 3 heterocycles. The summed E-state index contributed by atoms with van der Waals surface area (Å²) in [4.78, 5) is 47.1. The first-order valence-corrected chi connectivity index (χ1v) is 14.6. The van der Waals surface area contributed by atoms with Gasteiger partial charge in [-0.05, 0) is 37.4 Å². The molecule has 4 atom stereocenters. The van der Waals surface area contributed by atoms with Crippen molar-refractivity contribution in [1.29, 1.82) is 0 Å². The number of thioether (sulfide) groups is 1. The third-order valence-corrected chi connectivity index (χ3v) is 8.36. The number of halogens is 1. The number of fused-ring (bicyclic) bond motifs is 1. The number of nitrogens with zero attached hydrogens (tertiary/aromatic N) is 2. The van der Waals surface area contributed by atoms with Crippen LogP contribution in [-0.4, -0.2) is 58.6 Å². The van der Waals surface area contributed by atoms with Crippen LogP contribution in [0, 0.1) is 0 Å². The average molecular weight is 597 g/mol. The number of hydrogen-bond donors (Lipinski definition) is 0. The van der Waals surface area contributed by atoms with Crippen LogP contribution in [0.2, 0.25) is 0 Å². The Morgan fingerprint density at radius 2 is 1.66 bits per heavy atom. The minimum Gasteiger partial charge on any atom is -0.459 e. The van der Waals surface area contributed by atoms with Crippen molar-refractivity contribution in [2.45, 2.75) is 42.5 Å². The molecule has 1 unspecified atom stereocenters. The van der Waals surface area contributed by atoms with Crippen molar-refractivity contribution in [3.63, 3.8) is 0 Å². The van der Waals surface area contributed by atoms with Crippen LogP contribution in [-0.2, 0) is 29.5 Å². The van der Waals surface area contributed by atoms with Gasteiger partial charge in [0, 0.05) is 17.7 Å². The molecule has 12 heteroatoms. The fourth-order valence-electron chi connectivity index (χ4n) is 4.69. The predicted molar refractivity (Wildman–Crippen MR) is 149 cm³/mol. The number of ether oxygens (including phenoxy) is 4. The van der Waals surface area contributed by atoms with E-state index >= 15 is 4.39 Å². The molecule has 2 aromatic heterocycles. The summed E-state index contributed by atoms with van der Waals surface area (Å²) in [5, 5.41) is 2.96. The molecule has 212 valence electrons. The fourth-order valence-corrected chi connectivity index (χ4v) is 6.47. The van der Waals surface area contributed by atoms with Crippen LogP contribution in [0.4, 0.5) is 4.39 Å². The normalized spacial score (nSPS) is 23.7. The Balaban J connectivity index is 1.58. The maximum Gasteiger partial charge on any atom is 0.338 e. The summed E-state index contributed by atoms with van der Waals surface area (Å²) in [5.74, 6) is -4.75. The van der Waals surface area contributed by atoms with Gasteiger partial charge < -0.3 is 18.9 Å². The molecule has 1 aliphatic rings. The summed E-state index contributed by atoms with van der Waals surface area (Å²) in [5.41, 5.74) is -1.90. The van der Waals surface area contributed by atoms with E-state index in [1.807, 2.05) is 6.26 Å². The van der Waals surface area contributed by atoms with Gasteiger partial charge in [0.15, 0.2) is 6.10 Å². The second-order valence-corrected chi connectivity index (χ2v) is 11.0. The minimum absolute atomic E-state index is 0.142. The van der Waals surface area contributed by atoms with Crippen molar-refractivity contribution >= 4 is 51.9 Å². The standard InChI is InChI=1S/C29H25FN2O7S2/c1-17(33)38-29(24-22-20(15-41-24)25(40-3)32-16-31-22)28(2,30)23(37-27(35)19-12-8-5-9-13-19)21(39-29)14-36-26(34)18-10-6-4-7-11-18/h4-13,15-16,21,23H,14H2,1-3H3/t21-,23-,28-,29?/m1/s1. The molecule has 1 fully saturated rings. The average Bonchev–Trinajstić information content (AvgIpc) is 3.50. The van der Waals surface area contributed by atoms with Gasteiger partial charge in [0.1, 0.15) is 28.9 Å². The number of thiophene rings is 1.